The number of benzene rings is 2. The Balaban J connectivity index is 1.30. The Morgan fingerprint density at radius 2 is 1.68 bits per heavy atom. The first-order valence-electron chi connectivity index (χ1n) is 9.09. The Hall–Kier alpha value is -2.93. The van der Waals surface area contributed by atoms with Crippen molar-refractivity contribution in [1.82, 2.24) is 9.80 Å². The highest BCUT2D eigenvalue weighted by atomic mass is 35.5. The van der Waals surface area contributed by atoms with E-state index in [0.717, 1.165) is 0 Å². The second kappa shape index (κ2) is 7.98. The number of rotatable bonds is 2. The number of hydrogen-bond acceptors (Lipinski definition) is 4. The zero-order valence-electron chi connectivity index (χ0n) is 15.1. The number of ether oxygens (including phenoxy) is 2. The molecular weight excluding hydrogens is 382 g/mol. The van der Waals surface area contributed by atoms with Gasteiger partial charge < -0.3 is 24.6 Å². The van der Waals surface area contributed by atoms with Crippen LogP contribution in [0.4, 0.5) is 10.5 Å². The van der Waals surface area contributed by atoms with Gasteiger partial charge in [0.1, 0.15) is 6.61 Å². The van der Waals surface area contributed by atoms with Crippen molar-refractivity contribution in [2.45, 2.75) is 6.10 Å². The summed E-state index contributed by atoms with van der Waals surface area (Å²) >= 11 is 5.94. The van der Waals surface area contributed by atoms with E-state index in [0.29, 0.717) is 48.4 Å². The standard InChI is InChI=1S/C20H20ClN3O4/c21-14-4-3-5-15(12-14)22-20(26)24-10-8-23(9-11-24)19(25)18-13-27-16-6-1-2-7-17(16)28-18/h1-7,12,18H,8-11,13H2,(H,22,26)/t18-/m1/s1. The molecule has 4 rings (SSSR count). The van der Waals surface area contributed by atoms with Crippen molar-refractivity contribution in [3.8, 4) is 11.5 Å². The van der Waals surface area contributed by atoms with Gasteiger partial charge in [-0.2, -0.15) is 0 Å². The van der Waals surface area contributed by atoms with Crippen LogP contribution in [0.3, 0.4) is 0 Å². The summed E-state index contributed by atoms with van der Waals surface area (Å²) in [6.45, 7) is 1.97. The highest BCUT2D eigenvalue weighted by Gasteiger charge is 2.33. The molecule has 0 unspecified atom stereocenters. The number of nitrogens with one attached hydrogen (secondary N) is 1. The van der Waals surface area contributed by atoms with Crippen LogP contribution in [0.15, 0.2) is 48.5 Å². The van der Waals surface area contributed by atoms with Crippen LogP contribution < -0.4 is 14.8 Å². The maximum Gasteiger partial charge on any atom is 0.321 e. The maximum absolute atomic E-state index is 12.8. The number of fused-ring (bicyclic) bond motifs is 1. The molecule has 2 aromatic rings. The lowest BCUT2D eigenvalue weighted by molar-refractivity contribution is -0.142. The molecule has 1 atom stereocenters. The zero-order valence-corrected chi connectivity index (χ0v) is 15.9. The van der Waals surface area contributed by atoms with Crippen molar-refractivity contribution in [3.63, 3.8) is 0 Å². The van der Waals surface area contributed by atoms with E-state index in [1.54, 1.807) is 40.1 Å². The van der Waals surface area contributed by atoms with Crippen LogP contribution in [0.1, 0.15) is 0 Å². The maximum atomic E-state index is 12.8. The fraction of sp³-hybridized carbons (Fsp3) is 0.300. The Kier molecular flexibility index (Phi) is 5.25. The van der Waals surface area contributed by atoms with Gasteiger partial charge in [0.15, 0.2) is 11.5 Å². The Labute approximate surface area is 167 Å². The summed E-state index contributed by atoms with van der Waals surface area (Å²) in [7, 11) is 0. The molecule has 2 aliphatic rings. The first kappa shape index (κ1) is 18.4. The molecule has 146 valence electrons. The molecular formula is C20H20ClN3O4. The number of carbonyl (C=O) groups excluding carboxylic acids is 2. The van der Waals surface area contributed by atoms with Crippen molar-refractivity contribution in [1.29, 1.82) is 0 Å². The molecule has 2 heterocycles. The zero-order chi connectivity index (χ0) is 19.5. The van der Waals surface area contributed by atoms with Gasteiger partial charge in [0.25, 0.3) is 5.91 Å². The molecule has 0 bridgehead atoms. The van der Waals surface area contributed by atoms with Crippen LogP contribution >= 0.6 is 11.6 Å². The molecule has 3 amide bonds. The van der Waals surface area contributed by atoms with E-state index in [2.05, 4.69) is 5.32 Å². The number of para-hydroxylation sites is 2. The van der Waals surface area contributed by atoms with E-state index in [1.807, 2.05) is 18.2 Å². The van der Waals surface area contributed by atoms with E-state index >= 15 is 0 Å². The van der Waals surface area contributed by atoms with E-state index in [9.17, 15) is 9.59 Å². The average Bonchev–Trinajstić information content (AvgIpc) is 2.73. The molecule has 1 saturated heterocycles. The number of halogens is 1. The van der Waals surface area contributed by atoms with Crippen LogP contribution in [0.2, 0.25) is 5.02 Å². The number of anilines is 1. The van der Waals surface area contributed by atoms with E-state index < -0.39 is 6.10 Å². The van der Waals surface area contributed by atoms with Crippen LogP contribution in [0.25, 0.3) is 0 Å². The molecule has 8 heteroatoms. The number of hydrogen-bond donors (Lipinski definition) is 1. The van der Waals surface area contributed by atoms with Gasteiger partial charge >= 0.3 is 6.03 Å². The number of amides is 3. The monoisotopic (exact) mass is 401 g/mol. The lowest BCUT2D eigenvalue weighted by Gasteiger charge is -2.37. The predicted octanol–water partition coefficient (Wildman–Crippen LogP) is 2.86. The van der Waals surface area contributed by atoms with Crippen LogP contribution in [-0.2, 0) is 4.79 Å². The molecule has 1 fully saturated rings. The van der Waals surface area contributed by atoms with Gasteiger partial charge in [-0.15, -0.1) is 0 Å². The highest BCUT2D eigenvalue weighted by molar-refractivity contribution is 6.30. The molecule has 0 aliphatic carbocycles. The third kappa shape index (κ3) is 3.99. The van der Waals surface area contributed by atoms with Gasteiger partial charge in [0.2, 0.25) is 6.10 Å². The minimum absolute atomic E-state index is 0.121. The topological polar surface area (TPSA) is 71.1 Å². The number of nitrogens with zero attached hydrogens (tertiary/aromatic N) is 2. The van der Waals surface area contributed by atoms with E-state index in [4.69, 9.17) is 21.1 Å². The molecule has 0 spiro atoms. The summed E-state index contributed by atoms with van der Waals surface area (Å²) in [5.41, 5.74) is 0.641. The fourth-order valence-corrected chi connectivity index (χ4v) is 3.43. The van der Waals surface area contributed by atoms with E-state index in [1.165, 1.54) is 0 Å². The molecule has 0 aromatic heterocycles. The molecule has 0 radical (unpaired) electrons. The quantitative estimate of drug-likeness (QED) is 0.840. The van der Waals surface area contributed by atoms with Crippen molar-refractivity contribution >= 4 is 29.2 Å². The summed E-state index contributed by atoms with van der Waals surface area (Å²) in [4.78, 5) is 28.6. The van der Waals surface area contributed by atoms with Crippen molar-refractivity contribution in [2.75, 3.05) is 38.1 Å². The second-order valence-electron chi connectivity index (χ2n) is 6.62. The SMILES string of the molecule is O=C(Nc1cccc(Cl)c1)N1CCN(C(=O)[C@H]2COc3ccccc3O2)CC1. The number of piperazine rings is 1. The van der Waals surface area contributed by atoms with Crippen LogP contribution in [0.5, 0.6) is 11.5 Å². The largest absolute Gasteiger partial charge is 0.485 e. The van der Waals surface area contributed by atoms with Crippen molar-refractivity contribution < 1.29 is 19.1 Å². The molecule has 28 heavy (non-hydrogen) atoms. The molecule has 2 aliphatic heterocycles. The second-order valence-corrected chi connectivity index (χ2v) is 7.05. The number of carbonyl (C=O) groups is 2. The molecule has 1 N–H and O–H groups in total. The van der Waals surface area contributed by atoms with E-state index in [-0.39, 0.29) is 18.5 Å². The first-order valence-corrected chi connectivity index (χ1v) is 9.47. The summed E-state index contributed by atoms with van der Waals surface area (Å²) in [6.07, 6.45) is -0.665. The summed E-state index contributed by atoms with van der Waals surface area (Å²) in [5, 5.41) is 3.39. The Bertz CT molecular complexity index is 883. The van der Waals surface area contributed by atoms with Gasteiger partial charge in [-0.3, -0.25) is 4.79 Å². The average molecular weight is 402 g/mol. The minimum atomic E-state index is -0.665. The van der Waals surface area contributed by atoms with Gasteiger partial charge in [-0.1, -0.05) is 29.8 Å². The Morgan fingerprint density at radius 3 is 2.43 bits per heavy atom. The highest BCUT2D eigenvalue weighted by Crippen LogP contribution is 2.31. The fourth-order valence-electron chi connectivity index (χ4n) is 3.24. The Morgan fingerprint density at radius 1 is 0.964 bits per heavy atom. The minimum Gasteiger partial charge on any atom is -0.485 e. The normalized spacial score (nSPS) is 18.5. The van der Waals surface area contributed by atoms with Gasteiger partial charge in [-0.25, -0.2) is 4.79 Å². The first-order chi connectivity index (χ1) is 13.6. The third-order valence-electron chi connectivity index (χ3n) is 4.74. The van der Waals surface area contributed by atoms with Crippen molar-refractivity contribution in [2.24, 2.45) is 0 Å². The predicted molar refractivity (Wildman–Crippen MR) is 105 cm³/mol. The molecule has 7 nitrogen and oxygen atoms in total. The smallest absolute Gasteiger partial charge is 0.321 e. The summed E-state index contributed by atoms with van der Waals surface area (Å²) in [6, 6.07) is 14.1. The summed E-state index contributed by atoms with van der Waals surface area (Å²) in [5.74, 6) is 1.10. The van der Waals surface area contributed by atoms with Crippen LogP contribution in [0, 0.1) is 0 Å². The molecule has 2 aromatic carbocycles. The van der Waals surface area contributed by atoms with Gasteiger partial charge in [0, 0.05) is 36.9 Å². The summed E-state index contributed by atoms with van der Waals surface area (Å²) < 4.78 is 11.4. The number of urea groups is 1. The van der Waals surface area contributed by atoms with Crippen LogP contribution in [-0.4, -0.2) is 60.6 Å². The third-order valence-corrected chi connectivity index (χ3v) is 4.97. The lowest BCUT2D eigenvalue weighted by Crippen LogP contribution is -2.55. The van der Waals surface area contributed by atoms with Gasteiger partial charge in [0.05, 0.1) is 0 Å². The lowest BCUT2D eigenvalue weighted by atomic mass is 10.2. The van der Waals surface area contributed by atoms with Gasteiger partial charge in [-0.05, 0) is 30.3 Å². The van der Waals surface area contributed by atoms with Crippen molar-refractivity contribution in [3.05, 3.63) is 53.6 Å². The molecule has 0 saturated carbocycles.